The van der Waals surface area contributed by atoms with Crippen LogP contribution in [0, 0.1) is 6.92 Å². The predicted octanol–water partition coefficient (Wildman–Crippen LogP) is 3.47. The molecule has 2 aromatic rings. The second-order valence-electron chi connectivity index (χ2n) is 4.67. The quantitative estimate of drug-likeness (QED) is 0.882. The van der Waals surface area contributed by atoms with Crippen LogP contribution in [0.25, 0.3) is 11.3 Å². The summed E-state index contributed by atoms with van der Waals surface area (Å²) < 4.78 is 37.8. The van der Waals surface area contributed by atoms with E-state index in [-0.39, 0.29) is 11.1 Å². The summed E-state index contributed by atoms with van der Waals surface area (Å²) in [5, 5.41) is 9.33. The van der Waals surface area contributed by atoms with Crippen LogP contribution in [0.15, 0.2) is 36.5 Å². The third kappa shape index (κ3) is 3.46. The van der Waals surface area contributed by atoms with Gasteiger partial charge in [0, 0.05) is 17.3 Å². The minimum absolute atomic E-state index is 0.0492. The summed E-state index contributed by atoms with van der Waals surface area (Å²) >= 11 is 0. The molecule has 21 heavy (non-hydrogen) atoms. The normalized spacial score (nSPS) is 13.0. The minimum Gasteiger partial charge on any atom is -0.379 e. The third-order valence-electron chi connectivity index (χ3n) is 2.95. The van der Waals surface area contributed by atoms with Crippen molar-refractivity contribution in [3.8, 4) is 11.3 Å². The number of rotatable bonds is 3. The zero-order valence-electron chi connectivity index (χ0n) is 11.1. The molecule has 0 radical (unpaired) electrons. The van der Waals surface area contributed by atoms with Crippen molar-refractivity contribution < 1.29 is 23.1 Å². The van der Waals surface area contributed by atoms with Gasteiger partial charge in [0.05, 0.1) is 5.69 Å². The van der Waals surface area contributed by atoms with Crippen molar-refractivity contribution in [3.05, 3.63) is 53.2 Å². The standard InChI is InChI=1S/C15H12F3NO2/c1-9-2-3-13(19-7-9)11-4-10(8-20)5-12(6-11)14(21)15(16,17)18/h2-8,14,21H,1H3. The van der Waals surface area contributed by atoms with Crippen molar-refractivity contribution in [2.75, 3.05) is 0 Å². The van der Waals surface area contributed by atoms with Crippen LogP contribution in [0.3, 0.4) is 0 Å². The minimum atomic E-state index is -4.79. The number of hydrogen-bond donors (Lipinski definition) is 1. The van der Waals surface area contributed by atoms with Gasteiger partial charge in [-0.05, 0) is 42.3 Å². The van der Waals surface area contributed by atoms with Gasteiger partial charge in [-0.15, -0.1) is 0 Å². The summed E-state index contributed by atoms with van der Waals surface area (Å²) in [5.74, 6) is 0. The molecule has 0 saturated carbocycles. The van der Waals surface area contributed by atoms with Gasteiger partial charge in [0.2, 0.25) is 0 Å². The number of halogens is 3. The number of alkyl halides is 3. The summed E-state index contributed by atoms with van der Waals surface area (Å²) in [4.78, 5) is 15.0. The van der Waals surface area contributed by atoms with Crippen LogP contribution in [0.2, 0.25) is 0 Å². The first-order chi connectivity index (χ1) is 9.81. The highest BCUT2D eigenvalue weighted by Gasteiger charge is 2.39. The summed E-state index contributed by atoms with van der Waals surface area (Å²) in [6.07, 6.45) is -5.42. The summed E-state index contributed by atoms with van der Waals surface area (Å²) in [6.45, 7) is 1.83. The molecule has 0 aliphatic rings. The number of aryl methyl sites for hydroxylation is 1. The summed E-state index contributed by atoms with van der Waals surface area (Å²) in [5.41, 5.74) is 1.34. The van der Waals surface area contributed by atoms with Crippen molar-refractivity contribution in [1.29, 1.82) is 0 Å². The fourth-order valence-electron chi connectivity index (χ4n) is 1.88. The molecule has 0 amide bonds. The van der Waals surface area contributed by atoms with Gasteiger partial charge in [-0.2, -0.15) is 13.2 Å². The molecule has 110 valence electrons. The topological polar surface area (TPSA) is 50.2 Å². The van der Waals surface area contributed by atoms with Crippen LogP contribution in [0.1, 0.15) is 27.6 Å². The summed E-state index contributed by atoms with van der Waals surface area (Å²) in [7, 11) is 0. The van der Waals surface area contributed by atoms with E-state index in [1.165, 1.54) is 12.1 Å². The number of pyridine rings is 1. The number of aliphatic hydroxyl groups excluding tert-OH is 1. The van der Waals surface area contributed by atoms with E-state index < -0.39 is 12.3 Å². The van der Waals surface area contributed by atoms with Crippen LogP contribution >= 0.6 is 0 Å². The lowest BCUT2D eigenvalue weighted by Gasteiger charge is -2.16. The lowest BCUT2D eigenvalue weighted by atomic mass is 10.00. The molecule has 1 aromatic carbocycles. The van der Waals surface area contributed by atoms with E-state index in [1.54, 1.807) is 18.3 Å². The van der Waals surface area contributed by atoms with E-state index in [1.807, 2.05) is 6.92 Å². The van der Waals surface area contributed by atoms with E-state index in [2.05, 4.69) is 4.98 Å². The number of aliphatic hydroxyl groups is 1. The highest BCUT2D eigenvalue weighted by molar-refractivity contribution is 5.79. The fraction of sp³-hybridized carbons (Fsp3) is 0.200. The van der Waals surface area contributed by atoms with Gasteiger partial charge in [0.25, 0.3) is 0 Å². The van der Waals surface area contributed by atoms with E-state index in [0.717, 1.165) is 11.6 Å². The Bertz CT molecular complexity index is 651. The Kier molecular flexibility index (Phi) is 4.09. The van der Waals surface area contributed by atoms with Gasteiger partial charge in [-0.25, -0.2) is 0 Å². The molecule has 0 aliphatic carbocycles. The molecule has 1 heterocycles. The van der Waals surface area contributed by atoms with E-state index in [0.29, 0.717) is 17.5 Å². The van der Waals surface area contributed by atoms with Crippen LogP contribution < -0.4 is 0 Å². The molecule has 3 nitrogen and oxygen atoms in total. The number of nitrogens with zero attached hydrogens (tertiary/aromatic N) is 1. The lowest BCUT2D eigenvalue weighted by Crippen LogP contribution is -2.20. The zero-order valence-corrected chi connectivity index (χ0v) is 11.1. The molecule has 0 bridgehead atoms. The first-order valence-corrected chi connectivity index (χ1v) is 6.09. The van der Waals surface area contributed by atoms with Crippen LogP contribution in [-0.2, 0) is 0 Å². The first kappa shape index (κ1) is 15.2. The summed E-state index contributed by atoms with van der Waals surface area (Å²) in [6, 6.07) is 7.03. The van der Waals surface area contributed by atoms with Crippen LogP contribution in [-0.4, -0.2) is 22.6 Å². The SMILES string of the molecule is Cc1ccc(-c2cc(C=O)cc(C(O)C(F)(F)F)c2)nc1. The Morgan fingerprint density at radius 3 is 2.48 bits per heavy atom. The largest absolute Gasteiger partial charge is 0.418 e. The number of benzene rings is 1. The Morgan fingerprint density at radius 1 is 1.24 bits per heavy atom. The smallest absolute Gasteiger partial charge is 0.379 e. The Labute approximate surface area is 119 Å². The predicted molar refractivity (Wildman–Crippen MR) is 70.8 cm³/mol. The Balaban J connectivity index is 2.52. The fourth-order valence-corrected chi connectivity index (χ4v) is 1.88. The number of aldehydes is 1. The molecular weight excluding hydrogens is 283 g/mol. The zero-order chi connectivity index (χ0) is 15.6. The molecule has 6 heteroatoms. The molecule has 1 atom stereocenters. The first-order valence-electron chi connectivity index (χ1n) is 6.09. The highest BCUT2D eigenvalue weighted by Crippen LogP contribution is 2.34. The lowest BCUT2D eigenvalue weighted by molar-refractivity contribution is -0.206. The van der Waals surface area contributed by atoms with Crippen molar-refractivity contribution in [1.82, 2.24) is 4.98 Å². The van der Waals surface area contributed by atoms with Crippen LogP contribution in [0.5, 0.6) is 0 Å². The van der Waals surface area contributed by atoms with Gasteiger partial charge in [-0.3, -0.25) is 9.78 Å². The van der Waals surface area contributed by atoms with E-state index >= 15 is 0 Å². The number of carbonyl (C=O) groups excluding carboxylic acids is 1. The van der Waals surface area contributed by atoms with Gasteiger partial charge in [0.1, 0.15) is 6.29 Å². The molecule has 0 spiro atoms. The monoisotopic (exact) mass is 295 g/mol. The number of aromatic nitrogens is 1. The highest BCUT2D eigenvalue weighted by atomic mass is 19.4. The van der Waals surface area contributed by atoms with E-state index in [9.17, 15) is 23.1 Å². The van der Waals surface area contributed by atoms with Gasteiger partial charge in [0.15, 0.2) is 6.10 Å². The Morgan fingerprint density at radius 2 is 1.95 bits per heavy atom. The molecule has 1 N–H and O–H groups in total. The molecule has 2 rings (SSSR count). The number of carbonyl (C=O) groups is 1. The van der Waals surface area contributed by atoms with Crippen molar-refractivity contribution >= 4 is 6.29 Å². The van der Waals surface area contributed by atoms with Crippen molar-refractivity contribution in [2.45, 2.75) is 19.2 Å². The average molecular weight is 295 g/mol. The van der Waals surface area contributed by atoms with Gasteiger partial charge >= 0.3 is 6.18 Å². The maximum atomic E-state index is 12.6. The second-order valence-corrected chi connectivity index (χ2v) is 4.67. The average Bonchev–Trinajstić information content (AvgIpc) is 2.45. The molecule has 0 fully saturated rings. The van der Waals surface area contributed by atoms with Crippen molar-refractivity contribution in [3.63, 3.8) is 0 Å². The Hall–Kier alpha value is -2.21. The molecular formula is C15H12F3NO2. The van der Waals surface area contributed by atoms with Gasteiger partial charge < -0.3 is 5.11 Å². The van der Waals surface area contributed by atoms with Crippen molar-refractivity contribution in [2.24, 2.45) is 0 Å². The van der Waals surface area contributed by atoms with Gasteiger partial charge in [-0.1, -0.05) is 6.07 Å². The third-order valence-corrected chi connectivity index (χ3v) is 2.95. The van der Waals surface area contributed by atoms with E-state index in [4.69, 9.17) is 0 Å². The molecule has 1 unspecified atom stereocenters. The maximum absolute atomic E-state index is 12.6. The maximum Gasteiger partial charge on any atom is 0.418 e. The molecule has 1 aromatic heterocycles. The number of hydrogen-bond acceptors (Lipinski definition) is 3. The second kappa shape index (κ2) is 5.65. The molecule has 0 aliphatic heterocycles. The van der Waals surface area contributed by atoms with Crippen LogP contribution in [0.4, 0.5) is 13.2 Å². The molecule has 0 saturated heterocycles.